The highest BCUT2D eigenvalue weighted by Crippen LogP contribution is 2.43. The molecule has 0 amide bonds. The number of rotatable bonds is 4. The van der Waals surface area contributed by atoms with Gasteiger partial charge in [0.2, 0.25) is 0 Å². The van der Waals surface area contributed by atoms with Crippen LogP contribution in [0.5, 0.6) is 0 Å². The first-order valence-corrected chi connectivity index (χ1v) is 9.66. The molecule has 0 fully saturated rings. The Balaban J connectivity index is 1.74. The zero-order valence-electron chi connectivity index (χ0n) is 16.5. The molecule has 1 heterocycles. The fourth-order valence-corrected chi connectivity index (χ4v) is 3.67. The summed E-state index contributed by atoms with van der Waals surface area (Å²) in [6.45, 7) is 2.08. The number of allylic oxidation sites excluding steroid dienone is 2. The molecule has 0 aromatic heterocycles. The third kappa shape index (κ3) is 3.74. The zero-order valence-corrected chi connectivity index (χ0v) is 16.5. The second kappa shape index (κ2) is 8.10. The van der Waals surface area contributed by atoms with Gasteiger partial charge in [0, 0.05) is 23.5 Å². The van der Waals surface area contributed by atoms with E-state index in [9.17, 15) is 4.79 Å². The highest BCUT2D eigenvalue weighted by atomic mass is 16.4. The van der Waals surface area contributed by atoms with Gasteiger partial charge in [-0.2, -0.15) is 5.26 Å². The van der Waals surface area contributed by atoms with E-state index in [1.54, 1.807) is 12.1 Å². The minimum absolute atomic E-state index is 0.288. The van der Waals surface area contributed by atoms with E-state index in [-0.39, 0.29) is 5.57 Å². The number of fused-ring (bicyclic) bond motifs is 2. The molecule has 30 heavy (non-hydrogen) atoms. The first kappa shape index (κ1) is 19.2. The zero-order chi connectivity index (χ0) is 21.1. The number of nitriles is 1. The van der Waals surface area contributed by atoms with Crippen LogP contribution in [0.3, 0.4) is 0 Å². The molecule has 1 aliphatic rings. The summed E-state index contributed by atoms with van der Waals surface area (Å²) < 4.78 is 0. The number of benzene rings is 3. The molecule has 0 unspecified atom stereocenters. The van der Waals surface area contributed by atoms with Crippen molar-refractivity contribution in [1.29, 1.82) is 5.26 Å². The summed E-state index contributed by atoms with van der Waals surface area (Å²) in [7, 11) is 0. The van der Waals surface area contributed by atoms with Gasteiger partial charge in [-0.25, -0.2) is 4.79 Å². The number of nitrogens with zero attached hydrogens (tertiary/aromatic N) is 2. The lowest BCUT2D eigenvalue weighted by Crippen LogP contribution is -2.18. The maximum atomic E-state index is 10.9. The van der Waals surface area contributed by atoms with Crippen LogP contribution in [0.4, 0.5) is 17.1 Å². The van der Waals surface area contributed by atoms with E-state index in [0.717, 1.165) is 23.4 Å². The summed E-state index contributed by atoms with van der Waals surface area (Å²) in [5.74, 6) is -1.22. The Hall–Kier alpha value is -4.10. The molecule has 146 valence electrons. The maximum absolute atomic E-state index is 10.9. The van der Waals surface area contributed by atoms with Gasteiger partial charge in [-0.15, -0.1) is 0 Å². The van der Waals surface area contributed by atoms with Crippen LogP contribution in [0.25, 0.3) is 6.08 Å². The normalized spacial score (nSPS) is 12.9. The van der Waals surface area contributed by atoms with Crippen LogP contribution in [0.2, 0.25) is 0 Å². The molecule has 3 aromatic rings. The lowest BCUT2D eigenvalue weighted by molar-refractivity contribution is -0.132. The molecular weight excluding hydrogens is 372 g/mol. The van der Waals surface area contributed by atoms with Crippen molar-refractivity contribution in [1.82, 2.24) is 0 Å². The molecule has 3 aromatic carbocycles. The van der Waals surface area contributed by atoms with Crippen LogP contribution in [-0.4, -0.2) is 11.1 Å². The van der Waals surface area contributed by atoms with Crippen LogP contribution in [0.15, 0.2) is 84.5 Å². The first-order valence-electron chi connectivity index (χ1n) is 9.66. The Labute approximate surface area is 175 Å². The molecule has 4 nitrogen and oxygen atoms in total. The summed E-state index contributed by atoms with van der Waals surface area (Å²) in [5.41, 5.74) is 7.76. The van der Waals surface area contributed by atoms with Crippen LogP contribution >= 0.6 is 0 Å². The van der Waals surface area contributed by atoms with Gasteiger partial charge >= 0.3 is 5.97 Å². The summed E-state index contributed by atoms with van der Waals surface area (Å²) in [5, 5.41) is 17.8. The van der Waals surface area contributed by atoms with E-state index < -0.39 is 5.97 Å². The van der Waals surface area contributed by atoms with Gasteiger partial charge in [0.1, 0.15) is 11.6 Å². The summed E-state index contributed by atoms with van der Waals surface area (Å²) in [6.07, 6.45) is 5.56. The van der Waals surface area contributed by atoms with E-state index in [1.165, 1.54) is 28.5 Å². The SMILES string of the molecule is Cc1ccc(N2c3ccccc3Cc3cc(/C=C/C=C(\C#N)C(=O)O)ccc32)cc1. The lowest BCUT2D eigenvalue weighted by atomic mass is 9.93. The van der Waals surface area contributed by atoms with Gasteiger partial charge in [0.05, 0.1) is 0 Å². The predicted octanol–water partition coefficient (Wildman–Crippen LogP) is 5.92. The third-order valence-corrected chi connectivity index (χ3v) is 5.15. The molecule has 0 aliphatic carbocycles. The second-order valence-electron chi connectivity index (χ2n) is 7.22. The van der Waals surface area contributed by atoms with E-state index in [2.05, 4.69) is 72.5 Å². The third-order valence-electron chi connectivity index (χ3n) is 5.15. The summed E-state index contributed by atoms with van der Waals surface area (Å²) in [6, 6.07) is 24.8. The van der Waals surface area contributed by atoms with Crippen molar-refractivity contribution in [3.8, 4) is 6.07 Å². The van der Waals surface area contributed by atoms with Crippen LogP contribution in [-0.2, 0) is 11.2 Å². The highest BCUT2D eigenvalue weighted by molar-refractivity contribution is 5.91. The number of para-hydroxylation sites is 1. The van der Waals surface area contributed by atoms with Crippen LogP contribution in [0.1, 0.15) is 22.3 Å². The number of hydrogen-bond donors (Lipinski definition) is 1. The molecule has 0 saturated carbocycles. The van der Waals surface area contributed by atoms with Crippen molar-refractivity contribution >= 4 is 29.1 Å². The number of hydrogen-bond acceptors (Lipinski definition) is 3. The predicted molar refractivity (Wildman–Crippen MR) is 119 cm³/mol. The van der Waals surface area contributed by atoms with Crippen molar-refractivity contribution in [3.63, 3.8) is 0 Å². The largest absolute Gasteiger partial charge is 0.477 e. The minimum atomic E-state index is -1.22. The number of carbonyl (C=O) groups is 1. The van der Waals surface area contributed by atoms with Crippen molar-refractivity contribution < 1.29 is 9.90 Å². The number of aryl methyl sites for hydroxylation is 1. The number of carboxylic acids is 1. The van der Waals surface area contributed by atoms with Gasteiger partial charge < -0.3 is 10.0 Å². The summed E-state index contributed by atoms with van der Waals surface area (Å²) >= 11 is 0. The number of anilines is 3. The molecule has 4 heteroatoms. The average molecular weight is 392 g/mol. The van der Waals surface area contributed by atoms with Crippen molar-refractivity contribution in [2.75, 3.05) is 4.90 Å². The fraction of sp³-hybridized carbons (Fsp3) is 0.0769. The van der Waals surface area contributed by atoms with E-state index in [1.807, 2.05) is 12.1 Å². The molecule has 0 saturated heterocycles. The van der Waals surface area contributed by atoms with Gasteiger partial charge in [-0.3, -0.25) is 0 Å². The average Bonchev–Trinajstić information content (AvgIpc) is 2.75. The second-order valence-corrected chi connectivity index (χ2v) is 7.22. The molecule has 0 atom stereocenters. The molecule has 1 N–H and O–H groups in total. The Morgan fingerprint density at radius 1 is 1.03 bits per heavy atom. The fourth-order valence-electron chi connectivity index (χ4n) is 3.67. The molecular formula is C26H20N2O2. The van der Waals surface area contributed by atoms with E-state index in [0.29, 0.717) is 0 Å². The highest BCUT2D eigenvalue weighted by Gasteiger charge is 2.23. The van der Waals surface area contributed by atoms with Gasteiger partial charge in [0.25, 0.3) is 0 Å². The topological polar surface area (TPSA) is 64.3 Å². The van der Waals surface area contributed by atoms with Crippen molar-refractivity contribution in [3.05, 3.63) is 107 Å². The minimum Gasteiger partial charge on any atom is -0.477 e. The van der Waals surface area contributed by atoms with E-state index >= 15 is 0 Å². The quantitative estimate of drug-likeness (QED) is 0.266. The van der Waals surface area contributed by atoms with Gasteiger partial charge in [0.15, 0.2) is 0 Å². The Morgan fingerprint density at radius 2 is 1.77 bits per heavy atom. The van der Waals surface area contributed by atoms with E-state index in [4.69, 9.17) is 10.4 Å². The smallest absolute Gasteiger partial charge is 0.346 e. The number of carboxylic acid groups (broad SMARTS) is 1. The maximum Gasteiger partial charge on any atom is 0.346 e. The molecule has 1 aliphatic heterocycles. The van der Waals surface area contributed by atoms with Crippen LogP contribution < -0.4 is 4.90 Å². The van der Waals surface area contributed by atoms with Gasteiger partial charge in [-0.1, -0.05) is 54.1 Å². The Kier molecular flexibility index (Phi) is 5.19. The molecule has 0 bridgehead atoms. The monoisotopic (exact) mass is 392 g/mol. The standard InChI is InChI=1S/C26H20N2O2/c1-18-9-12-23(13-10-18)28-24-8-3-2-6-20(24)16-22-15-19(11-14-25(22)28)5-4-7-21(17-27)26(29)30/h2-15H,16H2,1H3,(H,29,30)/b5-4+,21-7+. The molecule has 0 spiro atoms. The van der Waals surface area contributed by atoms with Crippen LogP contribution in [0, 0.1) is 18.3 Å². The molecule has 0 radical (unpaired) electrons. The Morgan fingerprint density at radius 3 is 2.50 bits per heavy atom. The van der Waals surface area contributed by atoms with Crippen molar-refractivity contribution in [2.45, 2.75) is 13.3 Å². The Bertz CT molecular complexity index is 1210. The first-order chi connectivity index (χ1) is 14.6. The van der Waals surface area contributed by atoms with Crippen molar-refractivity contribution in [2.24, 2.45) is 0 Å². The molecule has 4 rings (SSSR count). The number of aliphatic carboxylic acids is 1. The summed E-state index contributed by atoms with van der Waals surface area (Å²) in [4.78, 5) is 13.2. The van der Waals surface area contributed by atoms with Gasteiger partial charge in [-0.05, 0) is 60.0 Å². The lowest BCUT2D eigenvalue weighted by Gasteiger charge is -2.33.